The maximum Gasteiger partial charge on any atom is 0.274 e. The van der Waals surface area contributed by atoms with Crippen LogP contribution in [-0.4, -0.2) is 61.7 Å². The molecule has 1 aliphatic carbocycles. The van der Waals surface area contributed by atoms with Gasteiger partial charge in [0.05, 0.1) is 17.3 Å². The van der Waals surface area contributed by atoms with Crippen molar-refractivity contribution in [2.75, 3.05) is 19.6 Å². The molecule has 2 fully saturated rings. The molecule has 2 aromatic heterocycles. The van der Waals surface area contributed by atoms with Gasteiger partial charge in [-0.2, -0.15) is 0 Å². The Balaban J connectivity index is 1.57. The van der Waals surface area contributed by atoms with E-state index in [1.54, 1.807) is 21.7 Å². The van der Waals surface area contributed by atoms with Gasteiger partial charge in [0.1, 0.15) is 5.69 Å². The zero-order chi connectivity index (χ0) is 19.1. The molecular formula is C19H24ClN5O2. The summed E-state index contributed by atoms with van der Waals surface area (Å²) in [7, 11) is 0. The fraction of sp³-hybridized carbons (Fsp3) is 0.579. The number of fused-ring (bicyclic) bond motifs is 1. The third kappa shape index (κ3) is 3.78. The van der Waals surface area contributed by atoms with Crippen molar-refractivity contribution in [3.05, 3.63) is 29.3 Å². The van der Waals surface area contributed by atoms with Gasteiger partial charge in [0.15, 0.2) is 0 Å². The van der Waals surface area contributed by atoms with Gasteiger partial charge in [0.2, 0.25) is 11.7 Å². The molecule has 1 aliphatic heterocycles. The summed E-state index contributed by atoms with van der Waals surface area (Å²) in [5, 5.41) is 0.481. The zero-order valence-electron chi connectivity index (χ0n) is 15.6. The van der Waals surface area contributed by atoms with Crippen LogP contribution in [0.3, 0.4) is 0 Å². The molecule has 1 saturated carbocycles. The van der Waals surface area contributed by atoms with Crippen molar-refractivity contribution in [1.29, 1.82) is 0 Å². The second-order valence-corrected chi connectivity index (χ2v) is 8.34. The van der Waals surface area contributed by atoms with E-state index in [0.717, 1.165) is 6.54 Å². The van der Waals surface area contributed by atoms with Crippen molar-refractivity contribution in [2.24, 2.45) is 11.8 Å². The Morgan fingerprint density at radius 3 is 2.81 bits per heavy atom. The minimum Gasteiger partial charge on any atom is -0.337 e. The van der Waals surface area contributed by atoms with Crippen LogP contribution in [0.15, 0.2) is 18.6 Å². The number of hydrogen-bond acceptors (Lipinski definition) is 4. The lowest BCUT2D eigenvalue weighted by atomic mass is 10.0. The third-order valence-corrected chi connectivity index (χ3v) is 5.63. The highest BCUT2D eigenvalue weighted by molar-refractivity contribution is 6.30. The average Bonchev–Trinajstić information content (AvgIpc) is 3.38. The summed E-state index contributed by atoms with van der Waals surface area (Å²) in [5.41, 5.74) is 0.329. The molecular weight excluding hydrogens is 366 g/mol. The largest absolute Gasteiger partial charge is 0.337 e. The number of carbonyl (C=O) groups excluding carboxylic acids is 2. The molecule has 4 rings (SSSR count). The SMILES string of the molecule is CC(C)[C@@H]1CN(C(=O)c2cn3cc(Cl)cnc3n2)CCC(=O)N1CC1CC1. The molecule has 144 valence electrons. The van der Waals surface area contributed by atoms with Crippen LogP contribution < -0.4 is 0 Å². The molecule has 0 unspecified atom stereocenters. The van der Waals surface area contributed by atoms with Crippen molar-refractivity contribution in [3.8, 4) is 0 Å². The standard InChI is InChI=1S/C19H24ClN5O2/c1-12(2)16-11-23(6-5-17(26)25(16)8-13-3-4-13)18(27)15-10-24-9-14(20)7-21-19(24)22-15/h7,9-10,12-13,16H,3-6,8,11H2,1-2H3/t16-/m0/s1. The van der Waals surface area contributed by atoms with Crippen molar-refractivity contribution >= 4 is 29.2 Å². The monoisotopic (exact) mass is 389 g/mol. The summed E-state index contributed by atoms with van der Waals surface area (Å²) in [6.45, 7) is 6.01. The van der Waals surface area contributed by atoms with Crippen molar-refractivity contribution < 1.29 is 9.59 Å². The maximum atomic E-state index is 13.1. The Labute approximate surface area is 163 Å². The van der Waals surface area contributed by atoms with E-state index >= 15 is 0 Å². The molecule has 3 heterocycles. The van der Waals surface area contributed by atoms with Gasteiger partial charge in [-0.25, -0.2) is 9.97 Å². The third-order valence-electron chi connectivity index (χ3n) is 5.43. The van der Waals surface area contributed by atoms with Gasteiger partial charge in [0, 0.05) is 38.4 Å². The van der Waals surface area contributed by atoms with Crippen LogP contribution in [0.1, 0.15) is 43.6 Å². The first-order valence-corrected chi connectivity index (χ1v) is 9.89. The number of halogens is 1. The number of imidazole rings is 1. The first kappa shape index (κ1) is 18.2. The molecule has 8 heteroatoms. The van der Waals surface area contributed by atoms with Gasteiger partial charge >= 0.3 is 0 Å². The first-order valence-electron chi connectivity index (χ1n) is 9.51. The van der Waals surface area contributed by atoms with Gasteiger partial charge < -0.3 is 9.80 Å². The Kier molecular flexibility index (Phi) is 4.80. The van der Waals surface area contributed by atoms with Gasteiger partial charge in [-0.15, -0.1) is 0 Å². The number of carbonyl (C=O) groups is 2. The summed E-state index contributed by atoms with van der Waals surface area (Å²) in [6, 6.07) is 0.0363. The van der Waals surface area contributed by atoms with Gasteiger partial charge in [-0.3, -0.25) is 14.0 Å². The molecule has 2 aromatic rings. The molecule has 2 amide bonds. The summed E-state index contributed by atoms with van der Waals surface area (Å²) >= 11 is 5.96. The average molecular weight is 390 g/mol. The second-order valence-electron chi connectivity index (χ2n) is 7.91. The minimum absolute atomic E-state index is 0.0363. The van der Waals surface area contributed by atoms with E-state index in [0.29, 0.717) is 41.9 Å². The van der Waals surface area contributed by atoms with Crippen LogP contribution in [0.4, 0.5) is 0 Å². The van der Waals surface area contributed by atoms with Crippen LogP contribution in [0.25, 0.3) is 5.78 Å². The molecule has 1 saturated heterocycles. The molecule has 0 N–H and O–H groups in total. The highest BCUT2D eigenvalue weighted by Gasteiger charge is 2.37. The molecule has 7 nitrogen and oxygen atoms in total. The van der Waals surface area contributed by atoms with Gasteiger partial charge in [-0.1, -0.05) is 25.4 Å². The fourth-order valence-corrected chi connectivity index (χ4v) is 3.82. The van der Waals surface area contributed by atoms with E-state index < -0.39 is 0 Å². The van der Waals surface area contributed by atoms with Gasteiger partial charge in [-0.05, 0) is 24.7 Å². The smallest absolute Gasteiger partial charge is 0.274 e. The van der Waals surface area contributed by atoms with E-state index in [4.69, 9.17) is 11.6 Å². The molecule has 0 spiro atoms. The van der Waals surface area contributed by atoms with E-state index in [1.807, 2.05) is 4.90 Å². The summed E-state index contributed by atoms with van der Waals surface area (Å²) in [5.74, 6) is 1.33. The number of rotatable bonds is 4. The topological polar surface area (TPSA) is 70.8 Å². The van der Waals surface area contributed by atoms with Crippen LogP contribution in [0, 0.1) is 11.8 Å². The molecule has 0 radical (unpaired) electrons. The number of nitrogens with zero attached hydrogens (tertiary/aromatic N) is 5. The molecule has 2 aliphatic rings. The first-order chi connectivity index (χ1) is 12.9. The van der Waals surface area contributed by atoms with Crippen molar-refractivity contribution in [2.45, 2.75) is 39.2 Å². The number of hydrogen-bond donors (Lipinski definition) is 0. The second kappa shape index (κ2) is 7.11. The molecule has 1 atom stereocenters. The van der Waals surface area contributed by atoms with Crippen molar-refractivity contribution in [1.82, 2.24) is 24.2 Å². The van der Waals surface area contributed by atoms with Crippen molar-refractivity contribution in [3.63, 3.8) is 0 Å². The Bertz CT molecular complexity index is 876. The maximum absolute atomic E-state index is 13.1. The normalized spacial score (nSPS) is 21.2. The predicted octanol–water partition coefficient (Wildman–Crippen LogP) is 2.49. The van der Waals surface area contributed by atoms with Crippen LogP contribution >= 0.6 is 11.6 Å². The lowest BCUT2D eigenvalue weighted by Crippen LogP contribution is -2.48. The van der Waals surface area contributed by atoms with Gasteiger partial charge in [0.25, 0.3) is 5.91 Å². The highest BCUT2D eigenvalue weighted by atomic mass is 35.5. The minimum atomic E-state index is -0.164. The van der Waals surface area contributed by atoms with E-state index in [1.165, 1.54) is 19.0 Å². The zero-order valence-corrected chi connectivity index (χ0v) is 16.4. The lowest BCUT2D eigenvalue weighted by Gasteiger charge is -2.34. The number of aromatic nitrogens is 3. The summed E-state index contributed by atoms with van der Waals surface area (Å²) < 4.78 is 1.65. The number of amides is 2. The van der Waals surface area contributed by atoms with E-state index in [9.17, 15) is 9.59 Å². The fourth-order valence-electron chi connectivity index (χ4n) is 3.67. The Hall–Kier alpha value is -2.15. The van der Waals surface area contributed by atoms with Crippen LogP contribution in [0.2, 0.25) is 5.02 Å². The quantitative estimate of drug-likeness (QED) is 0.805. The van der Waals surface area contributed by atoms with E-state index in [-0.39, 0.29) is 23.8 Å². The van der Waals surface area contributed by atoms with Crippen LogP contribution in [0.5, 0.6) is 0 Å². The van der Waals surface area contributed by atoms with Crippen LogP contribution in [-0.2, 0) is 4.79 Å². The summed E-state index contributed by atoms with van der Waals surface area (Å²) in [6.07, 6.45) is 7.60. The predicted molar refractivity (Wildman–Crippen MR) is 102 cm³/mol. The van der Waals surface area contributed by atoms with E-state index in [2.05, 4.69) is 23.8 Å². The Morgan fingerprint density at radius 2 is 2.11 bits per heavy atom. The molecule has 0 aromatic carbocycles. The molecule has 27 heavy (non-hydrogen) atoms. The highest BCUT2D eigenvalue weighted by Crippen LogP contribution is 2.32. The summed E-state index contributed by atoms with van der Waals surface area (Å²) in [4.78, 5) is 38.0. The Morgan fingerprint density at radius 1 is 1.33 bits per heavy atom. The lowest BCUT2D eigenvalue weighted by molar-refractivity contribution is -0.133. The molecule has 0 bridgehead atoms.